The molecule has 1 aromatic carbocycles. The third-order valence-corrected chi connectivity index (χ3v) is 3.77. The van der Waals surface area contributed by atoms with E-state index in [0.29, 0.717) is 5.92 Å². The Morgan fingerprint density at radius 2 is 2.05 bits per heavy atom. The summed E-state index contributed by atoms with van der Waals surface area (Å²) in [4.78, 5) is 4.19. The second-order valence-electron chi connectivity index (χ2n) is 5.06. The number of hydrogen-bond donors (Lipinski definition) is 2. The third-order valence-electron chi connectivity index (χ3n) is 3.77. The molecule has 2 heterocycles. The molecule has 19 heavy (non-hydrogen) atoms. The fraction of sp³-hybridized carbons (Fsp3) is 0.400. The maximum absolute atomic E-state index is 5.99. The van der Waals surface area contributed by atoms with E-state index < -0.39 is 0 Å². The van der Waals surface area contributed by atoms with Crippen LogP contribution in [0.5, 0.6) is 0 Å². The van der Waals surface area contributed by atoms with Crippen molar-refractivity contribution in [2.24, 2.45) is 5.92 Å². The van der Waals surface area contributed by atoms with E-state index in [-0.39, 0.29) is 0 Å². The summed E-state index contributed by atoms with van der Waals surface area (Å²) >= 11 is 0. The summed E-state index contributed by atoms with van der Waals surface area (Å²) in [6, 6.07) is 5.96. The molecule has 0 radical (unpaired) electrons. The van der Waals surface area contributed by atoms with Crippen LogP contribution in [0, 0.1) is 5.92 Å². The summed E-state index contributed by atoms with van der Waals surface area (Å²) in [5, 5.41) is 5.69. The number of benzene rings is 1. The molecule has 0 bridgehead atoms. The summed E-state index contributed by atoms with van der Waals surface area (Å²) in [5.74, 6) is 0.693. The molecule has 100 valence electrons. The van der Waals surface area contributed by atoms with Crippen LogP contribution in [0.3, 0.4) is 0 Å². The molecule has 4 nitrogen and oxygen atoms in total. The van der Waals surface area contributed by atoms with Crippen molar-refractivity contribution in [1.82, 2.24) is 4.98 Å². The van der Waals surface area contributed by atoms with Gasteiger partial charge in [-0.1, -0.05) is 0 Å². The molecule has 4 heteroatoms. The van der Waals surface area contributed by atoms with Crippen molar-refractivity contribution in [2.75, 3.05) is 30.8 Å². The first-order valence-corrected chi connectivity index (χ1v) is 6.78. The normalized spacial score (nSPS) is 16.6. The van der Waals surface area contributed by atoms with Gasteiger partial charge in [-0.25, -0.2) is 0 Å². The molecule has 1 saturated heterocycles. The zero-order valence-electron chi connectivity index (χ0n) is 10.9. The number of anilines is 2. The van der Waals surface area contributed by atoms with Gasteiger partial charge < -0.3 is 15.8 Å². The Kier molecular flexibility index (Phi) is 3.51. The molecule has 1 aliphatic heterocycles. The zero-order valence-corrected chi connectivity index (χ0v) is 10.9. The van der Waals surface area contributed by atoms with Gasteiger partial charge in [-0.15, -0.1) is 0 Å². The lowest BCUT2D eigenvalue weighted by Gasteiger charge is -2.23. The minimum absolute atomic E-state index is 0.693. The van der Waals surface area contributed by atoms with E-state index >= 15 is 0 Å². The van der Waals surface area contributed by atoms with Crippen LogP contribution in [-0.2, 0) is 4.74 Å². The van der Waals surface area contributed by atoms with E-state index in [1.54, 1.807) is 6.20 Å². The maximum atomic E-state index is 5.99. The molecular formula is C15H19N3O. The SMILES string of the molecule is Nc1ccc(NCC2CCOCC2)c2cnccc12. The van der Waals surface area contributed by atoms with Gasteiger partial charge in [0.1, 0.15) is 0 Å². The van der Waals surface area contributed by atoms with Crippen molar-refractivity contribution in [2.45, 2.75) is 12.8 Å². The Labute approximate surface area is 113 Å². The predicted octanol–water partition coefficient (Wildman–Crippen LogP) is 2.66. The highest BCUT2D eigenvalue weighted by Crippen LogP contribution is 2.28. The number of nitrogens with two attached hydrogens (primary N) is 1. The smallest absolute Gasteiger partial charge is 0.0469 e. The van der Waals surface area contributed by atoms with Crippen LogP contribution >= 0.6 is 0 Å². The topological polar surface area (TPSA) is 60.2 Å². The Balaban J connectivity index is 1.79. The summed E-state index contributed by atoms with van der Waals surface area (Å²) in [7, 11) is 0. The summed E-state index contributed by atoms with van der Waals surface area (Å²) < 4.78 is 5.38. The molecule has 3 rings (SSSR count). The molecule has 0 aliphatic carbocycles. The Hall–Kier alpha value is -1.81. The summed E-state index contributed by atoms with van der Waals surface area (Å²) in [6.45, 7) is 2.75. The van der Waals surface area contributed by atoms with Crippen molar-refractivity contribution in [3.63, 3.8) is 0 Å². The van der Waals surface area contributed by atoms with Gasteiger partial charge >= 0.3 is 0 Å². The van der Waals surface area contributed by atoms with E-state index in [0.717, 1.165) is 54.7 Å². The van der Waals surface area contributed by atoms with Crippen LogP contribution in [0.15, 0.2) is 30.6 Å². The number of nitrogen functional groups attached to an aromatic ring is 1. The van der Waals surface area contributed by atoms with E-state index in [9.17, 15) is 0 Å². The average molecular weight is 257 g/mol. The highest BCUT2D eigenvalue weighted by molar-refractivity contribution is 6.00. The molecule has 1 aromatic heterocycles. The highest BCUT2D eigenvalue weighted by Gasteiger charge is 2.14. The minimum Gasteiger partial charge on any atom is -0.398 e. The second-order valence-corrected chi connectivity index (χ2v) is 5.06. The Morgan fingerprint density at radius 1 is 1.21 bits per heavy atom. The zero-order chi connectivity index (χ0) is 13.1. The quantitative estimate of drug-likeness (QED) is 0.830. The monoisotopic (exact) mass is 257 g/mol. The van der Waals surface area contributed by atoms with Gasteiger partial charge in [-0.3, -0.25) is 4.98 Å². The van der Waals surface area contributed by atoms with Gasteiger partial charge in [0.15, 0.2) is 0 Å². The van der Waals surface area contributed by atoms with Crippen molar-refractivity contribution in [3.8, 4) is 0 Å². The molecule has 0 atom stereocenters. The van der Waals surface area contributed by atoms with Crippen molar-refractivity contribution in [1.29, 1.82) is 0 Å². The molecule has 0 saturated carbocycles. The largest absolute Gasteiger partial charge is 0.398 e. The van der Waals surface area contributed by atoms with Crippen LogP contribution in [-0.4, -0.2) is 24.7 Å². The van der Waals surface area contributed by atoms with Gasteiger partial charge in [0, 0.05) is 54.3 Å². The highest BCUT2D eigenvalue weighted by atomic mass is 16.5. The maximum Gasteiger partial charge on any atom is 0.0469 e. The van der Waals surface area contributed by atoms with Gasteiger partial charge in [0.25, 0.3) is 0 Å². The van der Waals surface area contributed by atoms with Gasteiger partial charge in [0.2, 0.25) is 0 Å². The molecule has 1 fully saturated rings. The van der Waals surface area contributed by atoms with Crippen molar-refractivity contribution >= 4 is 22.1 Å². The van der Waals surface area contributed by atoms with E-state index in [4.69, 9.17) is 10.5 Å². The Bertz CT molecular complexity index is 564. The number of rotatable bonds is 3. The van der Waals surface area contributed by atoms with Crippen LogP contribution in [0.25, 0.3) is 10.8 Å². The van der Waals surface area contributed by atoms with Crippen molar-refractivity contribution in [3.05, 3.63) is 30.6 Å². The lowest BCUT2D eigenvalue weighted by Crippen LogP contribution is -2.22. The Morgan fingerprint density at radius 3 is 2.89 bits per heavy atom. The van der Waals surface area contributed by atoms with E-state index in [1.807, 2.05) is 24.4 Å². The lowest BCUT2D eigenvalue weighted by molar-refractivity contribution is 0.0699. The lowest BCUT2D eigenvalue weighted by atomic mass is 10.00. The summed E-state index contributed by atoms with van der Waals surface area (Å²) in [6.07, 6.45) is 5.93. The minimum atomic E-state index is 0.693. The van der Waals surface area contributed by atoms with Crippen molar-refractivity contribution < 1.29 is 4.74 Å². The van der Waals surface area contributed by atoms with Crippen LogP contribution < -0.4 is 11.1 Å². The number of fused-ring (bicyclic) bond motifs is 1. The molecule has 3 N–H and O–H groups in total. The standard InChI is InChI=1S/C15H19N3O/c16-14-1-2-15(13-10-17-6-3-12(13)14)18-9-11-4-7-19-8-5-11/h1-3,6,10-11,18H,4-5,7-9,16H2. The fourth-order valence-electron chi connectivity index (χ4n) is 2.57. The van der Waals surface area contributed by atoms with Crippen LogP contribution in [0.1, 0.15) is 12.8 Å². The van der Waals surface area contributed by atoms with E-state index in [2.05, 4.69) is 10.3 Å². The first-order valence-electron chi connectivity index (χ1n) is 6.78. The summed E-state index contributed by atoms with van der Waals surface area (Å²) in [5.41, 5.74) is 7.91. The predicted molar refractivity (Wildman–Crippen MR) is 78.2 cm³/mol. The van der Waals surface area contributed by atoms with Crippen LogP contribution in [0.4, 0.5) is 11.4 Å². The number of hydrogen-bond acceptors (Lipinski definition) is 4. The number of pyridine rings is 1. The van der Waals surface area contributed by atoms with Gasteiger partial charge in [-0.05, 0) is 37.0 Å². The second kappa shape index (κ2) is 5.45. The molecule has 1 aliphatic rings. The third kappa shape index (κ3) is 2.63. The number of aromatic nitrogens is 1. The van der Waals surface area contributed by atoms with Gasteiger partial charge in [0.05, 0.1) is 0 Å². The van der Waals surface area contributed by atoms with Crippen LogP contribution in [0.2, 0.25) is 0 Å². The first kappa shape index (κ1) is 12.2. The number of nitrogens with one attached hydrogen (secondary N) is 1. The molecule has 2 aromatic rings. The van der Waals surface area contributed by atoms with E-state index in [1.165, 1.54) is 0 Å². The first-order chi connectivity index (χ1) is 9.34. The van der Waals surface area contributed by atoms with Gasteiger partial charge in [-0.2, -0.15) is 0 Å². The average Bonchev–Trinajstić information content (AvgIpc) is 2.48. The molecule has 0 unspecified atom stereocenters. The number of nitrogens with zero attached hydrogens (tertiary/aromatic N) is 1. The molecule has 0 spiro atoms. The number of ether oxygens (including phenoxy) is 1. The molecule has 0 amide bonds. The molecular weight excluding hydrogens is 238 g/mol. The fourth-order valence-corrected chi connectivity index (χ4v) is 2.57.